The molecular weight excluding hydrogens is 320 g/mol. The number of hydrogen-bond donors (Lipinski definition) is 3. The number of urea groups is 1. The number of aromatic nitrogens is 1. The first-order valence-corrected chi connectivity index (χ1v) is 8.86. The molecule has 0 aromatic carbocycles. The number of nitrogens with one attached hydrogen (secondary N) is 2. The van der Waals surface area contributed by atoms with Crippen molar-refractivity contribution >= 4 is 17.6 Å². The molecule has 138 valence electrons. The zero-order valence-electron chi connectivity index (χ0n) is 14.9. The van der Waals surface area contributed by atoms with Crippen molar-refractivity contribution in [2.45, 2.75) is 39.2 Å². The van der Waals surface area contributed by atoms with Crippen molar-refractivity contribution in [2.75, 3.05) is 25.0 Å². The molecule has 3 N–H and O–H groups in total. The van der Waals surface area contributed by atoms with Gasteiger partial charge in [-0.2, -0.15) is 0 Å². The van der Waals surface area contributed by atoms with Gasteiger partial charge in [-0.05, 0) is 43.2 Å². The first-order valence-electron chi connectivity index (χ1n) is 8.86. The number of carbonyl (C=O) groups is 2. The molecule has 1 atom stereocenters. The molecule has 1 saturated heterocycles. The van der Waals surface area contributed by atoms with Crippen molar-refractivity contribution in [2.24, 2.45) is 11.8 Å². The predicted molar refractivity (Wildman–Crippen MR) is 96.0 cm³/mol. The number of amides is 3. The lowest BCUT2D eigenvalue weighted by atomic mass is 9.96. The van der Waals surface area contributed by atoms with E-state index in [9.17, 15) is 14.7 Å². The molecule has 0 radical (unpaired) electrons. The zero-order valence-corrected chi connectivity index (χ0v) is 14.9. The van der Waals surface area contributed by atoms with Gasteiger partial charge in [0.1, 0.15) is 6.04 Å². The van der Waals surface area contributed by atoms with Gasteiger partial charge < -0.3 is 20.6 Å². The number of aliphatic hydroxyl groups is 1. The maximum atomic E-state index is 12.8. The van der Waals surface area contributed by atoms with E-state index in [0.717, 1.165) is 12.8 Å². The fourth-order valence-electron chi connectivity index (χ4n) is 3.01. The van der Waals surface area contributed by atoms with Gasteiger partial charge in [-0.3, -0.25) is 9.78 Å². The molecule has 0 spiro atoms. The van der Waals surface area contributed by atoms with Gasteiger partial charge in [0.15, 0.2) is 0 Å². The van der Waals surface area contributed by atoms with E-state index >= 15 is 0 Å². The summed E-state index contributed by atoms with van der Waals surface area (Å²) >= 11 is 0. The Morgan fingerprint density at radius 3 is 2.48 bits per heavy atom. The van der Waals surface area contributed by atoms with Crippen LogP contribution in [0.1, 0.15) is 33.1 Å². The van der Waals surface area contributed by atoms with Crippen LogP contribution in [0.15, 0.2) is 24.5 Å². The lowest BCUT2D eigenvalue weighted by Crippen LogP contribution is -2.52. The Balaban J connectivity index is 1.95. The van der Waals surface area contributed by atoms with E-state index < -0.39 is 12.1 Å². The second-order valence-electron chi connectivity index (χ2n) is 6.97. The van der Waals surface area contributed by atoms with Crippen molar-refractivity contribution < 1.29 is 14.7 Å². The van der Waals surface area contributed by atoms with Crippen LogP contribution in [0.2, 0.25) is 0 Å². The number of nitrogens with zero attached hydrogens (tertiary/aromatic N) is 2. The van der Waals surface area contributed by atoms with Crippen LogP contribution in [-0.2, 0) is 4.79 Å². The number of piperidine rings is 1. The van der Waals surface area contributed by atoms with Crippen LogP contribution in [-0.4, -0.2) is 52.7 Å². The van der Waals surface area contributed by atoms with E-state index in [2.05, 4.69) is 15.6 Å². The van der Waals surface area contributed by atoms with Crippen LogP contribution in [0, 0.1) is 11.8 Å². The third-order valence-corrected chi connectivity index (χ3v) is 4.43. The summed E-state index contributed by atoms with van der Waals surface area (Å²) in [6.45, 7) is 5.49. The molecular formula is C18H28N4O3. The van der Waals surface area contributed by atoms with E-state index in [1.54, 1.807) is 29.4 Å². The van der Waals surface area contributed by atoms with Gasteiger partial charge in [-0.15, -0.1) is 0 Å². The Labute approximate surface area is 148 Å². The minimum Gasteiger partial charge on any atom is -0.396 e. The summed E-state index contributed by atoms with van der Waals surface area (Å²) in [5.74, 6) is 0.510. The van der Waals surface area contributed by atoms with E-state index in [0.29, 0.717) is 25.2 Å². The molecule has 2 heterocycles. The summed E-state index contributed by atoms with van der Waals surface area (Å²) < 4.78 is 0. The second-order valence-corrected chi connectivity index (χ2v) is 6.97. The average Bonchev–Trinajstić information content (AvgIpc) is 2.61. The predicted octanol–water partition coefficient (Wildman–Crippen LogP) is 1.85. The van der Waals surface area contributed by atoms with Crippen LogP contribution < -0.4 is 10.6 Å². The summed E-state index contributed by atoms with van der Waals surface area (Å²) in [4.78, 5) is 30.8. The molecule has 0 unspecified atom stereocenters. The van der Waals surface area contributed by atoms with Crippen LogP contribution in [0.5, 0.6) is 0 Å². The lowest BCUT2D eigenvalue weighted by molar-refractivity contribution is -0.135. The molecule has 7 nitrogen and oxygen atoms in total. The number of likely N-dealkylation sites (tertiary alicyclic amines) is 1. The summed E-state index contributed by atoms with van der Waals surface area (Å²) in [7, 11) is 0. The van der Waals surface area contributed by atoms with Gasteiger partial charge in [0.05, 0.1) is 0 Å². The van der Waals surface area contributed by atoms with Crippen LogP contribution >= 0.6 is 0 Å². The number of carbonyl (C=O) groups excluding carboxylic acids is 2. The molecule has 2 rings (SSSR count). The standard InChI is InChI=1S/C18H28N4O3/c1-13(2)11-16(17(24)22-9-5-14(12-23)6-10-22)21-18(25)20-15-3-7-19-8-4-15/h3-4,7-8,13-14,16,23H,5-6,9-12H2,1-2H3,(H2,19,20,21,25)/t16-/m1/s1. The second kappa shape index (κ2) is 9.36. The van der Waals surface area contributed by atoms with Gasteiger partial charge in [0, 0.05) is 37.8 Å². The molecule has 1 aliphatic heterocycles. The number of anilines is 1. The number of pyridine rings is 1. The van der Waals surface area contributed by atoms with E-state index in [-0.39, 0.29) is 24.3 Å². The SMILES string of the molecule is CC(C)C[C@@H](NC(=O)Nc1ccncc1)C(=O)N1CCC(CO)CC1. The fraction of sp³-hybridized carbons (Fsp3) is 0.611. The smallest absolute Gasteiger partial charge is 0.319 e. The Bertz CT molecular complexity index is 557. The summed E-state index contributed by atoms with van der Waals surface area (Å²) in [6.07, 6.45) is 5.39. The number of aliphatic hydroxyl groups excluding tert-OH is 1. The Morgan fingerprint density at radius 2 is 1.92 bits per heavy atom. The molecule has 1 aromatic heterocycles. The Hall–Kier alpha value is -2.15. The maximum absolute atomic E-state index is 12.8. The van der Waals surface area contributed by atoms with Crippen molar-refractivity contribution in [1.29, 1.82) is 0 Å². The van der Waals surface area contributed by atoms with Crippen LogP contribution in [0.4, 0.5) is 10.5 Å². The normalized spacial score (nSPS) is 16.6. The molecule has 25 heavy (non-hydrogen) atoms. The minimum atomic E-state index is -0.549. The summed E-state index contributed by atoms with van der Waals surface area (Å²) in [5.41, 5.74) is 0.631. The van der Waals surface area contributed by atoms with Crippen molar-refractivity contribution in [3.63, 3.8) is 0 Å². The maximum Gasteiger partial charge on any atom is 0.319 e. The Morgan fingerprint density at radius 1 is 1.28 bits per heavy atom. The van der Waals surface area contributed by atoms with E-state index in [4.69, 9.17) is 0 Å². The summed E-state index contributed by atoms with van der Waals surface area (Å²) in [6, 6.07) is 2.44. The fourth-order valence-corrected chi connectivity index (χ4v) is 3.01. The van der Waals surface area contributed by atoms with Crippen LogP contribution in [0.25, 0.3) is 0 Å². The highest BCUT2D eigenvalue weighted by molar-refractivity contribution is 5.93. The van der Waals surface area contributed by atoms with Gasteiger partial charge >= 0.3 is 6.03 Å². The minimum absolute atomic E-state index is 0.0463. The van der Waals surface area contributed by atoms with Crippen LogP contribution in [0.3, 0.4) is 0 Å². The molecule has 0 bridgehead atoms. The van der Waals surface area contributed by atoms with Crippen molar-refractivity contribution in [3.05, 3.63) is 24.5 Å². The number of hydrogen-bond acceptors (Lipinski definition) is 4. The monoisotopic (exact) mass is 348 g/mol. The Kier molecular flexibility index (Phi) is 7.18. The first kappa shape index (κ1) is 19.2. The van der Waals surface area contributed by atoms with Crippen molar-refractivity contribution in [1.82, 2.24) is 15.2 Å². The molecule has 0 aliphatic carbocycles. The molecule has 3 amide bonds. The zero-order chi connectivity index (χ0) is 18.2. The molecule has 1 fully saturated rings. The molecule has 1 aromatic rings. The van der Waals surface area contributed by atoms with E-state index in [1.807, 2.05) is 13.8 Å². The van der Waals surface area contributed by atoms with Gasteiger partial charge in [-0.25, -0.2) is 4.79 Å². The molecule has 7 heteroatoms. The number of rotatable bonds is 6. The quantitative estimate of drug-likeness (QED) is 0.731. The van der Waals surface area contributed by atoms with Gasteiger partial charge in [0.2, 0.25) is 5.91 Å². The highest BCUT2D eigenvalue weighted by atomic mass is 16.3. The third kappa shape index (κ3) is 6.01. The topological polar surface area (TPSA) is 94.6 Å². The summed E-state index contributed by atoms with van der Waals surface area (Å²) in [5, 5.41) is 14.8. The largest absolute Gasteiger partial charge is 0.396 e. The average molecular weight is 348 g/mol. The first-order chi connectivity index (χ1) is 12.0. The van der Waals surface area contributed by atoms with E-state index in [1.165, 1.54) is 0 Å². The highest BCUT2D eigenvalue weighted by Crippen LogP contribution is 2.18. The third-order valence-electron chi connectivity index (χ3n) is 4.43. The molecule has 1 aliphatic rings. The van der Waals surface area contributed by atoms with Gasteiger partial charge in [0.25, 0.3) is 0 Å². The highest BCUT2D eigenvalue weighted by Gasteiger charge is 2.29. The lowest BCUT2D eigenvalue weighted by Gasteiger charge is -2.34. The molecule has 0 saturated carbocycles. The van der Waals surface area contributed by atoms with Crippen molar-refractivity contribution in [3.8, 4) is 0 Å². The van der Waals surface area contributed by atoms with Gasteiger partial charge in [-0.1, -0.05) is 13.8 Å².